The topological polar surface area (TPSA) is 63.9 Å². The Balaban J connectivity index is 1.52. The lowest BCUT2D eigenvalue weighted by molar-refractivity contribution is 0.0698. The van der Waals surface area contributed by atoms with Crippen LogP contribution in [0.2, 0.25) is 0 Å². The van der Waals surface area contributed by atoms with Gasteiger partial charge in [0.15, 0.2) is 5.82 Å². The number of hydrogen-bond donors (Lipinski definition) is 0. The lowest BCUT2D eigenvalue weighted by Gasteiger charge is -2.32. The van der Waals surface area contributed by atoms with Gasteiger partial charge in [0.05, 0.1) is 11.8 Å². The molecule has 0 spiro atoms. The molecular weight excluding hydrogens is 345 g/mol. The van der Waals surface area contributed by atoms with Gasteiger partial charge in [-0.1, -0.05) is 0 Å². The van der Waals surface area contributed by atoms with E-state index < -0.39 is 5.82 Å². The third kappa shape index (κ3) is 3.72. The number of hydrogen-bond acceptors (Lipinski definition) is 4. The Morgan fingerprint density at radius 2 is 1.96 bits per heavy atom. The van der Waals surface area contributed by atoms with Crippen molar-refractivity contribution in [3.8, 4) is 0 Å². The molecule has 27 heavy (non-hydrogen) atoms. The third-order valence-corrected chi connectivity index (χ3v) is 4.93. The van der Waals surface area contributed by atoms with Crippen LogP contribution in [0.4, 0.5) is 4.39 Å². The molecule has 1 aliphatic rings. The van der Waals surface area contributed by atoms with Crippen LogP contribution in [0.15, 0.2) is 55.4 Å². The van der Waals surface area contributed by atoms with Crippen molar-refractivity contribution in [2.45, 2.75) is 25.3 Å². The SMILES string of the molecule is O=C(c1ccncc1F)N1CCCC(c2nccn2Cc2ccncc2)C1. The van der Waals surface area contributed by atoms with E-state index in [1.165, 1.54) is 12.3 Å². The average Bonchev–Trinajstić information content (AvgIpc) is 3.17. The second-order valence-corrected chi connectivity index (χ2v) is 6.71. The number of piperidine rings is 1. The highest BCUT2D eigenvalue weighted by Gasteiger charge is 2.29. The summed E-state index contributed by atoms with van der Waals surface area (Å²) in [5, 5.41) is 0. The third-order valence-electron chi connectivity index (χ3n) is 4.93. The van der Waals surface area contributed by atoms with Gasteiger partial charge in [0.25, 0.3) is 5.91 Å². The van der Waals surface area contributed by atoms with Crippen molar-refractivity contribution in [2.75, 3.05) is 13.1 Å². The van der Waals surface area contributed by atoms with Gasteiger partial charge in [0, 0.05) is 56.5 Å². The number of nitrogens with zero attached hydrogens (tertiary/aromatic N) is 5. The van der Waals surface area contributed by atoms with E-state index in [1.807, 2.05) is 18.3 Å². The van der Waals surface area contributed by atoms with E-state index in [1.54, 1.807) is 23.5 Å². The molecule has 0 radical (unpaired) electrons. The molecule has 0 saturated carbocycles. The first-order valence-electron chi connectivity index (χ1n) is 9.01. The summed E-state index contributed by atoms with van der Waals surface area (Å²) < 4.78 is 16.1. The van der Waals surface area contributed by atoms with Crippen LogP contribution in [0.1, 0.15) is 40.5 Å². The number of likely N-dealkylation sites (tertiary alicyclic amines) is 1. The summed E-state index contributed by atoms with van der Waals surface area (Å²) >= 11 is 0. The van der Waals surface area contributed by atoms with Crippen LogP contribution >= 0.6 is 0 Å². The Morgan fingerprint density at radius 1 is 1.15 bits per heavy atom. The van der Waals surface area contributed by atoms with E-state index >= 15 is 0 Å². The minimum absolute atomic E-state index is 0.0748. The zero-order valence-electron chi connectivity index (χ0n) is 14.8. The molecule has 3 aromatic heterocycles. The second-order valence-electron chi connectivity index (χ2n) is 6.71. The molecule has 1 saturated heterocycles. The molecule has 138 valence electrons. The van der Waals surface area contributed by atoms with E-state index in [0.29, 0.717) is 19.6 Å². The summed E-state index contributed by atoms with van der Waals surface area (Å²) in [4.78, 5) is 26.8. The first kappa shape index (κ1) is 17.3. The molecule has 4 rings (SSSR count). The molecule has 6 nitrogen and oxygen atoms in total. The maximum Gasteiger partial charge on any atom is 0.256 e. The fraction of sp³-hybridized carbons (Fsp3) is 0.300. The predicted molar refractivity (Wildman–Crippen MR) is 97.6 cm³/mol. The standard InChI is InChI=1S/C20H20FN5O/c21-18-12-23-8-5-17(18)20(27)26-10-1-2-16(14-26)19-24-9-11-25(19)13-15-3-6-22-7-4-15/h3-9,11-12,16H,1-2,10,13-14H2. The van der Waals surface area contributed by atoms with Crippen LogP contribution in [0.3, 0.4) is 0 Å². The van der Waals surface area contributed by atoms with Gasteiger partial charge in [-0.3, -0.25) is 14.8 Å². The minimum Gasteiger partial charge on any atom is -0.338 e. The van der Waals surface area contributed by atoms with Gasteiger partial charge in [-0.2, -0.15) is 0 Å². The highest BCUT2D eigenvalue weighted by Crippen LogP contribution is 2.27. The van der Waals surface area contributed by atoms with E-state index in [9.17, 15) is 9.18 Å². The van der Waals surface area contributed by atoms with Crippen molar-refractivity contribution in [1.82, 2.24) is 24.4 Å². The summed E-state index contributed by atoms with van der Waals surface area (Å²) in [6, 6.07) is 5.39. The highest BCUT2D eigenvalue weighted by atomic mass is 19.1. The van der Waals surface area contributed by atoms with Crippen LogP contribution in [-0.2, 0) is 6.54 Å². The summed E-state index contributed by atoms with van der Waals surface area (Å²) in [5.41, 5.74) is 1.22. The van der Waals surface area contributed by atoms with Crippen molar-refractivity contribution >= 4 is 5.91 Å². The Hall–Kier alpha value is -3.09. The number of carbonyl (C=O) groups is 1. The monoisotopic (exact) mass is 365 g/mol. The first-order valence-corrected chi connectivity index (χ1v) is 9.01. The molecule has 1 amide bonds. The summed E-state index contributed by atoms with van der Waals surface area (Å²) in [7, 11) is 0. The maximum absolute atomic E-state index is 13.9. The van der Waals surface area contributed by atoms with Gasteiger partial charge in [-0.15, -0.1) is 0 Å². The van der Waals surface area contributed by atoms with Crippen molar-refractivity contribution < 1.29 is 9.18 Å². The molecule has 0 aliphatic carbocycles. The zero-order valence-corrected chi connectivity index (χ0v) is 14.8. The van der Waals surface area contributed by atoms with Gasteiger partial charge < -0.3 is 9.47 Å². The van der Waals surface area contributed by atoms with Crippen molar-refractivity contribution in [3.05, 3.63) is 78.1 Å². The Kier molecular flexibility index (Phi) is 4.91. The Bertz CT molecular complexity index is 927. The molecule has 1 unspecified atom stereocenters. The molecule has 1 aliphatic heterocycles. The second kappa shape index (κ2) is 7.65. The quantitative estimate of drug-likeness (QED) is 0.713. The largest absolute Gasteiger partial charge is 0.338 e. The number of carbonyl (C=O) groups excluding carboxylic acids is 1. The molecule has 0 aromatic carbocycles. The van der Waals surface area contributed by atoms with E-state index in [4.69, 9.17) is 0 Å². The minimum atomic E-state index is -0.580. The normalized spacial score (nSPS) is 17.1. The molecule has 4 heterocycles. The first-order chi connectivity index (χ1) is 13.2. The lowest BCUT2D eigenvalue weighted by atomic mass is 9.96. The molecule has 1 atom stereocenters. The van der Waals surface area contributed by atoms with Gasteiger partial charge in [-0.05, 0) is 36.6 Å². The average molecular weight is 365 g/mol. The molecule has 0 N–H and O–H groups in total. The van der Waals surface area contributed by atoms with Crippen LogP contribution < -0.4 is 0 Å². The molecular formula is C20H20FN5O. The van der Waals surface area contributed by atoms with Crippen molar-refractivity contribution in [3.63, 3.8) is 0 Å². The number of rotatable bonds is 4. The number of aromatic nitrogens is 4. The number of amides is 1. The molecule has 0 bridgehead atoms. The van der Waals surface area contributed by atoms with E-state index in [0.717, 1.165) is 30.4 Å². The smallest absolute Gasteiger partial charge is 0.256 e. The summed E-state index contributed by atoms with van der Waals surface area (Å²) in [6.07, 6.45) is 11.6. The lowest BCUT2D eigenvalue weighted by Crippen LogP contribution is -2.40. The van der Waals surface area contributed by atoms with Crippen LogP contribution in [0, 0.1) is 5.82 Å². The summed E-state index contributed by atoms with van der Waals surface area (Å²) in [6.45, 7) is 1.87. The molecule has 3 aromatic rings. The van der Waals surface area contributed by atoms with E-state index in [-0.39, 0.29) is 17.4 Å². The Morgan fingerprint density at radius 3 is 2.78 bits per heavy atom. The molecule has 7 heteroatoms. The predicted octanol–water partition coefficient (Wildman–Crippen LogP) is 2.88. The highest BCUT2D eigenvalue weighted by molar-refractivity contribution is 5.94. The van der Waals surface area contributed by atoms with Crippen LogP contribution in [-0.4, -0.2) is 43.4 Å². The maximum atomic E-state index is 13.9. The summed E-state index contributed by atoms with van der Waals surface area (Å²) in [5.74, 6) is 0.222. The van der Waals surface area contributed by atoms with Crippen molar-refractivity contribution in [1.29, 1.82) is 0 Å². The number of pyridine rings is 2. The zero-order chi connectivity index (χ0) is 18.6. The van der Waals surface area contributed by atoms with Crippen molar-refractivity contribution in [2.24, 2.45) is 0 Å². The van der Waals surface area contributed by atoms with Gasteiger partial charge in [-0.25, -0.2) is 9.37 Å². The van der Waals surface area contributed by atoms with Crippen LogP contribution in [0.5, 0.6) is 0 Å². The van der Waals surface area contributed by atoms with Gasteiger partial charge in [0.1, 0.15) is 5.82 Å². The van der Waals surface area contributed by atoms with Gasteiger partial charge in [0.2, 0.25) is 0 Å². The van der Waals surface area contributed by atoms with E-state index in [2.05, 4.69) is 19.5 Å². The number of halogens is 1. The van der Waals surface area contributed by atoms with Crippen LogP contribution in [0.25, 0.3) is 0 Å². The fourth-order valence-corrected chi connectivity index (χ4v) is 3.59. The number of imidazole rings is 1. The van der Waals surface area contributed by atoms with Gasteiger partial charge >= 0.3 is 0 Å². The molecule has 1 fully saturated rings. The fourth-order valence-electron chi connectivity index (χ4n) is 3.59. The Labute approximate surface area is 156 Å².